The average Bonchev–Trinajstić information content (AvgIpc) is 2.34. The Morgan fingerprint density at radius 3 is 2.47 bits per heavy atom. The molecule has 0 saturated carbocycles. The van der Waals surface area contributed by atoms with E-state index >= 15 is 0 Å². The maximum Gasteiger partial charge on any atom is 0.306 e. The van der Waals surface area contributed by atoms with Gasteiger partial charge in [-0.15, -0.1) is 0 Å². The largest absolute Gasteiger partial charge is 0.460 e. The first-order chi connectivity index (χ1) is 8.81. The summed E-state index contributed by atoms with van der Waals surface area (Å²) in [5.74, 6) is -0.457. The highest BCUT2D eigenvalue weighted by molar-refractivity contribution is 5.91. The van der Waals surface area contributed by atoms with Crippen molar-refractivity contribution < 1.29 is 14.3 Å². The van der Waals surface area contributed by atoms with Gasteiger partial charge in [0.25, 0.3) is 5.91 Å². The molecule has 1 aromatic rings. The van der Waals surface area contributed by atoms with Gasteiger partial charge in [-0.1, -0.05) is 6.07 Å². The number of nitrogens with one attached hydrogen (secondary N) is 1. The van der Waals surface area contributed by atoms with Crippen LogP contribution in [0.25, 0.3) is 0 Å². The van der Waals surface area contributed by atoms with Crippen LogP contribution in [-0.4, -0.2) is 29.5 Å². The van der Waals surface area contributed by atoms with Crippen molar-refractivity contribution in [3.05, 3.63) is 29.6 Å². The molecule has 104 valence electrons. The van der Waals surface area contributed by atoms with Gasteiger partial charge in [0.05, 0.1) is 0 Å². The number of esters is 1. The van der Waals surface area contributed by atoms with E-state index in [0.29, 0.717) is 18.5 Å². The number of hydrogen-bond acceptors (Lipinski definition) is 4. The molecular weight excluding hydrogens is 244 g/mol. The Balaban J connectivity index is 2.50. The molecule has 1 heterocycles. The molecule has 5 nitrogen and oxygen atoms in total. The molecule has 0 fully saturated rings. The van der Waals surface area contributed by atoms with Crippen LogP contribution in [0.5, 0.6) is 0 Å². The summed E-state index contributed by atoms with van der Waals surface area (Å²) >= 11 is 0. The highest BCUT2D eigenvalue weighted by atomic mass is 16.6. The van der Waals surface area contributed by atoms with Gasteiger partial charge in [-0.2, -0.15) is 0 Å². The zero-order valence-corrected chi connectivity index (χ0v) is 11.8. The fraction of sp³-hybridized carbons (Fsp3) is 0.500. The lowest BCUT2D eigenvalue weighted by atomic mass is 10.1. The van der Waals surface area contributed by atoms with Crippen LogP contribution in [0.3, 0.4) is 0 Å². The Hall–Kier alpha value is -1.91. The fourth-order valence-corrected chi connectivity index (χ4v) is 1.47. The van der Waals surface area contributed by atoms with Gasteiger partial charge >= 0.3 is 5.97 Å². The van der Waals surface area contributed by atoms with Gasteiger partial charge in [-0.05, 0) is 38.8 Å². The van der Waals surface area contributed by atoms with Crippen molar-refractivity contribution in [1.29, 1.82) is 0 Å². The third-order valence-electron chi connectivity index (χ3n) is 2.32. The zero-order chi connectivity index (χ0) is 14.5. The maximum atomic E-state index is 11.5. The minimum atomic E-state index is -0.460. The molecule has 5 heteroatoms. The lowest BCUT2D eigenvalue weighted by Crippen LogP contribution is -2.24. The lowest BCUT2D eigenvalue weighted by Gasteiger charge is -2.19. The molecule has 1 N–H and O–H groups in total. The predicted octanol–water partition coefficient (Wildman–Crippen LogP) is 1.72. The van der Waals surface area contributed by atoms with Crippen molar-refractivity contribution in [1.82, 2.24) is 10.3 Å². The topological polar surface area (TPSA) is 68.3 Å². The van der Waals surface area contributed by atoms with Gasteiger partial charge in [0.2, 0.25) is 0 Å². The van der Waals surface area contributed by atoms with Gasteiger partial charge in [0.1, 0.15) is 11.3 Å². The average molecular weight is 264 g/mol. The van der Waals surface area contributed by atoms with Crippen molar-refractivity contribution >= 4 is 11.9 Å². The van der Waals surface area contributed by atoms with E-state index in [-0.39, 0.29) is 11.9 Å². The number of hydrogen-bond donors (Lipinski definition) is 1. The summed E-state index contributed by atoms with van der Waals surface area (Å²) < 4.78 is 5.22. The van der Waals surface area contributed by atoms with Crippen molar-refractivity contribution in [2.45, 2.75) is 39.2 Å². The third-order valence-corrected chi connectivity index (χ3v) is 2.32. The summed E-state index contributed by atoms with van der Waals surface area (Å²) in [4.78, 5) is 26.9. The van der Waals surface area contributed by atoms with E-state index < -0.39 is 5.60 Å². The minimum absolute atomic E-state index is 0.223. The summed E-state index contributed by atoms with van der Waals surface area (Å²) in [7, 11) is 1.56. The van der Waals surface area contributed by atoms with Crippen LogP contribution in [0, 0.1) is 0 Å². The summed E-state index contributed by atoms with van der Waals surface area (Å²) in [5.41, 5.74) is 0.806. The molecule has 0 aliphatic heterocycles. The fourth-order valence-electron chi connectivity index (χ4n) is 1.47. The number of ether oxygens (including phenoxy) is 1. The zero-order valence-electron chi connectivity index (χ0n) is 11.8. The molecule has 0 saturated heterocycles. The van der Waals surface area contributed by atoms with E-state index in [1.165, 1.54) is 0 Å². The van der Waals surface area contributed by atoms with Crippen LogP contribution in [0.2, 0.25) is 0 Å². The highest BCUT2D eigenvalue weighted by Crippen LogP contribution is 2.10. The highest BCUT2D eigenvalue weighted by Gasteiger charge is 2.16. The molecule has 0 aromatic carbocycles. The Bertz CT molecular complexity index is 447. The van der Waals surface area contributed by atoms with Crippen molar-refractivity contribution in [2.24, 2.45) is 0 Å². The smallest absolute Gasteiger partial charge is 0.306 e. The lowest BCUT2D eigenvalue weighted by molar-refractivity contribution is -0.154. The van der Waals surface area contributed by atoms with Crippen LogP contribution >= 0.6 is 0 Å². The van der Waals surface area contributed by atoms with E-state index in [0.717, 1.165) is 5.56 Å². The molecule has 0 aliphatic carbocycles. The summed E-state index contributed by atoms with van der Waals surface area (Å²) in [6, 6.07) is 3.44. The van der Waals surface area contributed by atoms with Gasteiger partial charge in [-0.3, -0.25) is 14.6 Å². The first-order valence-electron chi connectivity index (χ1n) is 6.20. The summed E-state index contributed by atoms with van der Waals surface area (Å²) in [5, 5.41) is 2.50. The number of nitrogens with zero attached hydrogens (tertiary/aromatic N) is 1. The molecule has 0 bridgehead atoms. The monoisotopic (exact) mass is 264 g/mol. The Morgan fingerprint density at radius 1 is 1.32 bits per heavy atom. The van der Waals surface area contributed by atoms with Crippen LogP contribution in [-0.2, 0) is 16.0 Å². The maximum absolute atomic E-state index is 11.5. The van der Waals surface area contributed by atoms with E-state index in [4.69, 9.17) is 4.74 Å². The molecule has 1 amide bonds. The standard InChI is InChI=1S/C14H20N2O3/c1-14(2,3)19-12(17)8-6-10-5-7-11(16-9-10)13(18)15-4/h5,7,9H,6,8H2,1-4H3,(H,15,18). The van der Waals surface area contributed by atoms with Crippen LogP contribution in [0.15, 0.2) is 18.3 Å². The molecule has 0 aliphatic rings. The van der Waals surface area contributed by atoms with Gasteiger partial charge in [0.15, 0.2) is 0 Å². The van der Waals surface area contributed by atoms with E-state index in [9.17, 15) is 9.59 Å². The summed E-state index contributed by atoms with van der Waals surface area (Å²) in [6.45, 7) is 5.51. The second kappa shape index (κ2) is 6.31. The molecule has 0 atom stereocenters. The molecule has 1 aromatic heterocycles. The predicted molar refractivity (Wildman–Crippen MR) is 71.8 cm³/mol. The Labute approximate surface area is 113 Å². The molecule has 0 unspecified atom stereocenters. The molecule has 0 spiro atoms. The number of pyridine rings is 1. The minimum Gasteiger partial charge on any atom is -0.460 e. The number of carbonyl (C=O) groups excluding carboxylic acids is 2. The quantitative estimate of drug-likeness (QED) is 0.841. The first kappa shape index (κ1) is 15.1. The molecule has 19 heavy (non-hydrogen) atoms. The van der Waals surface area contributed by atoms with E-state index in [1.54, 1.807) is 25.4 Å². The van der Waals surface area contributed by atoms with Gasteiger partial charge in [0, 0.05) is 19.7 Å². The van der Waals surface area contributed by atoms with Crippen molar-refractivity contribution in [3.8, 4) is 0 Å². The van der Waals surface area contributed by atoms with Gasteiger partial charge < -0.3 is 10.1 Å². The van der Waals surface area contributed by atoms with Crippen LogP contribution in [0.4, 0.5) is 0 Å². The van der Waals surface area contributed by atoms with Crippen LogP contribution < -0.4 is 5.32 Å². The van der Waals surface area contributed by atoms with Crippen molar-refractivity contribution in [2.75, 3.05) is 7.05 Å². The SMILES string of the molecule is CNC(=O)c1ccc(CCC(=O)OC(C)(C)C)cn1. The number of aromatic nitrogens is 1. The van der Waals surface area contributed by atoms with Crippen molar-refractivity contribution in [3.63, 3.8) is 0 Å². The first-order valence-corrected chi connectivity index (χ1v) is 6.20. The van der Waals surface area contributed by atoms with Gasteiger partial charge in [-0.25, -0.2) is 0 Å². The van der Waals surface area contributed by atoms with Crippen LogP contribution in [0.1, 0.15) is 43.2 Å². The molecular formula is C14H20N2O3. The second-order valence-corrected chi connectivity index (χ2v) is 5.22. The normalized spacial score (nSPS) is 10.9. The number of aryl methyl sites for hydroxylation is 1. The molecule has 1 rings (SSSR count). The van der Waals surface area contributed by atoms with E-state index in [2.05, 4.69) is 10.3 Å². The number of amides is 1. The van der Waals surface area contributed by atoms with E-state index in [1.807, 2.05) is 20.8 Å². The summed E-state index contributed by atoms with van der Waals surface area (Å²) in [6.07, 6.45) is 2.46. The molecule has 0 radical (unpaired) electrons. The number of rotatable bonds is 4. The third kappa shape index (κ3) is 5.50. The second-order valence-electron chi connectivity index (χ2n) is 5.22. The number of carbonyl (C=O) groups is 2. The Kier molecular flexibility index (Phi) is 5.03. The Morgan fingerprint density at radius 2 is 2.00 bits per heavy atom.